The zero-order chi connectivity index (χ0) is 17.7. The fourth-order valence-electron chi connectivity index (χ4n) is 2.62. The molecule has 0 bridgehead atoms. The summed E-state index contributed by atoms with van der Waals surface area (Å²) in [5.74, 6) is -0.0342. The number of benzene rings is 1. The molecule has 0 spiro atoms. The van der Waals surface area contributed by atoms with Gasteiger partial charge in [-0.05, 0) is 30.4 Å². The monoisotopic (exact) mass is 331 g/mol. The molecule has 128 valence electrons. The molecule has 1 heterocycles. The number of nitro benzene ring substituents is 1. The van der Waals surface area contributed by atoms with Crippen molar-refractivity contribution in [3.63, 3.8) is 0 Å². The second-order valence-electron chi connectivity index (χ2n) is 6.07. The predicted molar refractivity (Wildman–Crippen MR) is 89.9 cm³/mol. The van der Waals surface area contributed by atoms with Crippen LogP contribution < -0.4 is 5.32 Å². The van der Waals surface area contributed by atoms with E-state index in [0.29, 0.717) is 24.6 Å². The Hall–Kier alpha value is -2.70. The number of carbonyl (C=O) groups excluding carboxylic acids is 2. The molecular formula is C17H21N3O4. The summed E-state index contributed by atoms with van der Waals surface area (Å²) in [6.07, 6.45) is 3.33. The molecule has 1 aliphatic rings. The van der Waals surface area contributed by atoms with Gasteiger partial charge in [-0.1, -0.05) is 19.1 Å². The van der Waals surface area contributed by atoms with Crippen LogP contribution in [-0.4, -0.2) is 34.7 Å². The van der Waals surface area contributed by atoms with Crippen LogP contribution in [0.15, 0.2) is 30.0 Å². The molecule has 0 unspecified atom stereocenters. The van der Waals surface area contributed by atoms with E-state index in [1.54, 1.807) is 17.0 Å². The van der Waals surface area contributed by atoms with Gasteiger partial charge in [-0.25, -0.2) is 0 Å². The van der Waals surface area contributed by atoms with Crippen molar-refractivity contribution in [3.05, 3.63) is 45.6 Å². The van der Waals surface area contributed by atoms with E-state index in [9.17, 15) is 19.7 Å². The molecule has 1 fully saturated rings. The number of nitro groups is 1. The molecule has 0 aliphatic carbocycles. The molecule has 0 saturated carbocycles. The van der Waals surface area contributed by atoms with E-state index >= 15 is 0 Å². The van der Waals surface area contributed by atoms with Crippen molar-refractivity contribution in [1.29, 1.82) is 0 Å². The van der Waals surface area contributed by atoms with Crippen LogP contribution in [-0.2, 0) is 9.59 Å². The maximum atomic E-state index is 12.7. The molecule has 1 N–H and O–H groups in total. The highest BCUT2D eigenvalue weighted by Crippen LogP contribution is 2.19. The topological polar surface area (TPSA) is 92.5 Å². The summed E-state index contributed by atoms with van der Waals surface area (Å²) in [5.41, 5.74) is 0.564. The summed E-state index contributed by atoms with van der Waals surface area (Å²) in [4.78, 5) is 36.2. The fourth-order valence-corrected chi connectivity index (χ4v) is 2.62. The molecule has 7 nitrogen and oxygen atoms in total. The quantitative estimate of drug-likeness (QED) is 0.520. The molecular weight excluding hydrogens is 310 g/mol. The van der Waals surface area contributed by atoms with Crippen molar-refractivity contribution < 1.29 is 14.5 Å². The Morgan fingerprint density at radius 3 is 2.58 bits per heavy atom. The number of amides is 2. The van der Waals surface area contributed by atoms with Crippen LogP contribution in [0.5, 0.6) is 0 Å². The maximum Gasteiger partial charge on any atom is 0.270 e. The molecule has 2 amide bonds. The summed E-state index contributed by atoms with van der Waals surface area (Å²) < 4.78 is 0. The average Bonchev–Trinajstić information content (AvgIpc) is 2.54. The average molecular weight is 331 g/mol. The highest BCUT2D eigenvalue weighted by molar-refractivity contribution is 6.01. The van der Waals surface area contributed by atoms with Gasteiger partial charge in [0.2, 0.25) is 5.91 Å². The van der Waals surface area contributed by atoms with E-state index in [4.69, 9.17) is 0 Å². The van der Waals surface area contributed by atoms with Crippen LogP contribution in [0.4, 0.5) is 5.69 Å². The summed E-state index contributed by atoms with van der Waals surface area (Å²) in [7, 11) is 0. The zero-order valence-corrected chi connectivity index (χ0v) is 13.8. The van der Waals surface area contributed by atoms with Gasteiger partial charge in [0.1, 0.15) is 5.70 Å². The van der Waals surface area contributed by atoms with Crippen molar-refractivity contribution in [2.75, 3.05) is 13.1 Å². The predicted octanol–water partition coefficient (Wildman–Crippen LogP) is 2.33. The number of non-ortho nitro benzene ring substituents is 1. The van der Waals surface area contributed by atoms with E-state index < -0.39 is 4.92 Å². The Morgan fingerprint density at radius 2 is 2.00 bits per heavy atom. The molecule has 2 rings (SSSR count). The smallest absolute Gasteiger partial charge is 0.270 e. The number of likely N-dealkylation sites (tertiary alicyclic amines) is 1. The minimum atomic E-state index is -0.497. The van der Waals surface area contributed by atoms with Crippen LogP contribution in [0.25, 0.3) is 6.08 Å². The highest BCUT2D eigenvalue weighted by Gasteiger charge is 2.23. The molecule has 1 aromatic carbocycles. The number of nitrogens with zero attached hydrogens (tertiary/aromatic N) is 2. The zero-order valence-electron chi connectivity index (χ0n) is 13.8. The van der Waals surface area contributed by atoms with Gasteiger partial charge in [-0.15, -0.1) is 0 Å². The normalized spacial score (nSPS) is 15.9. The van der Waals surface area contributed by atoms with Gasteiger partial charge >= 0.3 is 0 Å². The molecule has 1 aliphatic heterocycles. The molecule has 7 heteroatoms. The first-order chi connectivity index (χ1) is 11.4. The number of carbonyl (C=O) groups is 2. The minimum Gasteiger partial charge on any atom is -0.337 e. The first kappa shape index (κ1) is 17.7. The second kappa shape index (κ2) is 7.72. The lowest BCUT2D eigenvalue weighted by atomic mass is 9.99. The number of nitrogens with one attached hydrogen (secondary N) is 1. The molecule has 1 saturated heterocycles. The third kappa shape index (κ3) is 4.65. The summed E-state index contributed by atoms with van der Waals surface area (Å²) in [6.45, 7) is 4.76. The third-order valence-corrected chi connectivity index (χ3v) is 4.00. The molecule has 24 heavy (non-hydrogen) atoms. The standard InChI is InChI=1S/C17H21N3O4/c1-12-6-8-19(9-7-12)17(22)16(18-13(2)21)11-14-4-3-5-15(10-14)20(23)24/h3-5,10-12H,6-9H2,1-2H3,(H,18,21)/b16-11-. The van der Waals surface area contributed by atoms with Crippen molar-refractivity contribution in [2.24, 2.45) is 5.92 Å². The third-order valence-electron chi connectivity index (χ3n) is 4.00. The van der Waals surface area contributed by atoms with Gasteiger partial charge in [0, 0.05) is 32.1 Å². The Labute approximate surface area is 140 Å². The SMILES string of the molecule is CC(=O)N/C(=C\c1cccc([N+](=O)[O-])c1)C(=O)N1CCC(C)CC1. The molecule has 0 atom stereocenters. The van der Waals surface area contributed by atoms with E-state index in [2.05, 4.69) is 12.2 Å². The number of rotatable bonds is 4. The Kier molecular flexibility index (Phi) is 5.68. The number of hydrogen-bond acceptors (Lipinski definition) is 4. The summed E-state index contributed by atoms with van der Waals surface area (Å²) in [6, 6.07) is 5.94. The Bertz CT molecular complexity index is 676. The number of piperidine rings is 1. The van der Waals surface area contributed by atoms with E-state index in [1.165, 1.54) is 25.1 Å². The van der Waals surface area contributed by atoms with Crippen molar-refractivity contribution in [1.82, 2.24) is 10.2 Å². The van der Waals surface area contributed by atoms with Crippen molar-refractivity contribution in [3.8, 4) is 0 Å². The van der Waals surface area contributed by atoms with Gasteiger partial charge < -0.3 is 10.2 Å². The lowest BCUT2D eigenvalue weighted by Crippen LogP contribution is -2.42. The first-order valence-electron chi connectivity index (χ1n) is 7.90. The van der Waals surface area contributed by atoms with E-state index in [0.717, 1.165) is 12.8 Å². The maximum absolute atomic E-state index is 12.7. The van der Waals surface area contributed by atoms with Crippen molar-refractivity contribution in [2.45, 2.75) is 26.7 Å². The largest absolute Gasteiger partial charge is 0.337 e. The van der Waals surface area contributed by atoms with Gasteiger partial charge in [-0.3, -0.25) is 19.7 Å². The van der Waals surface area contributed by atoms with Crippen LogP contribution >= 0.6 is 0 Å². The van der Waals surface area contributed by atoms with Gasteiger partial charge in [-0.2, -0.15) is 0 Å². The molecule has 0 aromatic heterocycles. The van der Waals surface area contributed by atoms with Gasteiger partial charge in [0.15, 0.2) is 0 Å². The highest BCUT2D eigenvalue weighted by atomic mass is 16.6. The second-order valence-corrected chi connectivity index (χ2v) is 6.07. The molecule has 1 aromatic rings. The van der Waals surface area contributed by atoms with Crippen molar-refractivity contribution >= 4 is 23.6 Å². The lowest BCUT2D eigenvalue weighted by Gasteiger charge is -2.31. The number of hydrogen-bond donors (Lipinski definition) is 1. The van der Waals surface area contributed by atoms with Crippen LogP contribution in [0.1, 0.15) is 32.3 Å². The van der Waals surface area contributed by atoms with Crippen LogP contribution in [0.2, 0.25) is 0 Å². The fraction of sp³-hybridized carbons (Fsp3) is 0.412. The van der Waals surface area contributed by atoms with Gasteiger partial charge in [0.25, 0.3) is 11.6 Å². The van der Waals surface area contributed by atoms with Gasteiger partial charge in [0.05, 0.1) is 4.92 Å². The minimum absolute atomic E-state index is 0.0647. The summed E-state index contributed by atoms with van der Waals surface area (Å²) >= 11 is 0. The first-order valence-corrected chi connectivity index (χ1v) is 7.90. The molecule has 0 radical (unpaired) electrons. The lowest BCUT2D eigenvalue weighted by molar-refractivity contribution is -0.384. The van der Waals surface area contributed by atoms with E-state index in [1.807, 2.05) is 0 Å². The Balaban J connectivity index is 2.27. The van der Waals surface area contributed by atoms with Crippen LogP contribution in [0.3, 0.4) is 0 Å². The van der Waals surface area contributed by atoms with E-state index in [-0.39, 0.29) is 23.2 Å². The summed E-state index contributed by atoms with van der Waals surface area (Å²) in [5, 5.41) is 13.4. The Morgan fingerprint density at radius 1 is 1.33 bits per heavy atom. The van der Waals surface area contributed by atoms with Crippen LogP contribution in [0, 0.1) is 16.0 Å².